The van der Waals surface area contributed by atoms with Gasteiger partial charge in [0.2, 0.25) is 5.91 Å². The van der Waals surface area contributed by atoms with Crippen LogP contribution in [-0.4, -0.2) is 35.9 Å². The number of anilines is 1. The van der Waals surface area contributed by atoms with Crippen LogP contribution in [0.25, 0.3) is 0 Å². The molecule has 0 aliphatic rings. The standard InChI is InChI=1S/C22H27ClN2O3/c1-14-11-15(2)20(16(3)12-14)24-19(26)13-25(6)21(27)22(4,5)28-18-9-7-17(23)8-10-18/h7-12H,13H2,1-6H3,(H,24,26). The summed E-state index contributed by atoms with van der Waals surface area (Å²) < 4.78 is 5.81. The third kappa shape index (κ3) is 5.49. The molecule has 2 amide bonds. The van der Waals surface area contributed by atoms with Gasteiger partial charge in [-0.3, -0.25) is 9.59 Å². The fourth-order valence-corrected chi connectivity index (χ4v) is 3.27. The van der Waals surface area contributed by atoms with E-state index in [0.29, 0.717) is 10.8 Å². The first kappa shape index (κ1) is 21.8. The Bertz CT molecular complexity index is 853. The highest BCUT2D eigenvalue weighted by molar-refractivity contribution is 6.30. The molecule has 2 aromatic rings. The van der Waals surface area contributed by atoms with Gasteiger partial charge in [0.25, 0.3) is 5.91 Å². The molecular weight excluding hydrogens is 376 g/mol. The van der Waals surface area contributed by atoms with Crippen molar-refractivity contribution in [3.63, 3.8) is 0 Å². The van der Waals surface area contributed by atoms with Crippen LogP contribution in [0.4, 0.5) is 5.69 Å². The molecule has 0 atom stereocenters. The fraction of sp³-hybridized carbons (Fsp3) is 0.364. The Morgan fingerprint density at radius 1 is 1.07 bits per heavy atom. The number of aryl methyl sites for hydroxylation is 3. The molecule has 0 saturated heterocycles. The Morgan fingerprint density at radius 3 is 2.14 bits per heavy atom. The van der Waals surface area contributed by atoms with Crippen molar-refractivity contribution in [2.45, 2.75) is 40.2 Å². The first-order chi connectivity index (χ1) is 13.0. The molecule has 2 aromatic carbocycles. The van der Waals surface area contributed by atoms with Gasteiger partial charge in [-0.05, 0) is 70.0 Å². The van der Waals surface area contributed by atoms with Crippen LogP contribution in [0.15, 0.2) is 36.4 Å². The average Bonchev–Trinajstić information content (AvgIpc) is 2.59. The quantitative estimate of drug-likeness (QED) is 0.772. The molecule has 0 radical (unpaired) electrons. The van der Waals surface area contributed by atoms with Crippen molar-refractivity contribution in [1.29, 1.82) is 0 Å². The second-order valence-corrected chi connectivity index (χ2v) is 7.99. The highest BCUT2D eigenvalue weighted by Gasteiger charge is 2.33. The number of amides is 2. The summed E-state index contributed by atoms with van der Waals surface area (Å²) in [6.45, 7) is 9.19. The van der Waals surface area contributed by atoms with Crippen molar-refractivity contribution < 1.29 is 14.3 Å². The van der Waals surface area contributed by atoms with Gasteiger partial charge in [-0.2, -0.15) is 0 Å². The molecule has 6 heteroatoms. The summed E-state index contributed by atoms with van der Waals surface area (Å²) >= 11 is 5.88. The van der Waals surface area contributed by atoms with Gasteiger partial charge in [-0.1, -0.05) is 29.3 Å². The Kier molecular flexibility index (Phi) is 6.73. The Balaban J connectivity index is 2.02. The highest BCUT2D eigenvalue weighted by Crippen LogP contribution is 2.23. The van der Waals surface area contributed by atoms with E-state index in [1.807, 2.05) is 32.9 Å². The van der Waals surface area contributed by atoms with E-state index in [2.05, 4.69) is 5.32 Å². The number of likely N-dealkylation sites (N-methyl/N-ethyl adjacent to an activating group) is 1. The van der Waals surface area contributed by atoms with E-state index in [1.54, 1.807) is 45.2 Å². The molecule has 0 spiro atoms. The van der Waals surface area contributed by atoms with Gasteiger partial charge < -0.3 is 15.0 Å². The molecule has 0 fully saturated rings. The molecule has 0 unspecified atom stereocenters. The molecule has 0 aromatic heterocycles. The molecule has 1 N–H and O–H groups in total. The van der Waals surface area contributed by atoms with E-state index in [-0.39, 0.29) is 18.4 Å². The number of benzene rings is 2. The minimum Gasteiger partial charge on any atom is -0.478 e. The van der Waals surface area contributed by atoms with Crippen LogP contribution in [0.3, 0.4) is 0 Å². The maximum Gasteiger partial charge on any atom is 0.266 e. The first-order valence-electron chi connectivity index (χ1n) is 9.07. The van der Waals surface area contributed by atoms with E-state index in [9.17, 15) is 9.59 Å². The Labute approximate surface area is 171 Å². The number of ether oxygens (including phenoxy) is 1. The van der Waals surface area contributed by atoms with Crippen molar-refractivity contribution in [2.24, 2.45) is 0 Å². The second kappa shape index (κ2) is 8.65. The zero-order chi connectivity index (χ0) is 21.1. The largest absolute Gasteiger partial charge is 0.478 e. The minimum atomic E-state index is -1.13. The molecule has 0 heterocycles. The lowest BCUT2D eigenvalue weighted by Gasteiger charge is -2.30. The van der Waals surface area contributed by atoms with Crippen LogP contribution in [-0.2, 0) is 9.59 Å². The van der Waals surface area contributed by atoms with Crippen molar-refractivity contribution in [1.82, 2.24) is 4.90 Å². The molecule has 0 aliphatic carbocycles. The van der Waals surface area contributed by atoms with Crippen LogP contribution in [0.1, 0.15) is 30.5 Å². The molecular formula is C22H27ClN2O3. The van der Waals surface area contributed by atoms with E-state index in [1.165, 1.54) is 4.90 Å². The summed E-state index contributed by atoms with van der Waals surface area (Å²) in [4.78, 5) is 26.6. The van der Waals surface area contributed by atoms with Crippen LogP contribution in [0.5, 0.6) is 5.75 Å². The third-order valence-electron chi connectivity index (χ3n) is 4.37. The molecule has 150 valence electrons. The summed E-state index contributed by atoms with van der Waals surface area (Å²) in [5.74, 6) is -0.0188. The van der Waals surface area contributed by atoms with Gasteiger partial charge in [-0.15, -0.1) is 0 Å². The zero-order valence-corrected chi connectivity index (χ0v) is 18.0. The number of hydrogen-bond acceptors (Lipinski definition) is 3. The second-order valence-electron chi connectivity index (χ2n) is 7.55. The zero-order valence-electron chi connectivity index (χ0n) is 17.2. The predicted octanol–water partition coefficient (Wildman–Crippen LogP) is 4.52. The minimum absolute atomic E-state index is 0.0704. The summed E-state index contributed by atoms with van der Waals surface area (Å²) in [7, 11) is 1.59. The molecule has 2 rings (SSSR count). The van der Waals surface area contributed by atoms with E-state index >= 15 is 0 Å². The number of hydrogen-bond donors (Lipinski definition) is 1. The lowest BCUT2D eigenvalue weighted by Crippen LogP contribution is -2.49. The summed E-state index contributed by atoms with van der Waals surface area (Å²) in [6.07, 6.45) is 0. The number of rotatable bonds is 6. The van der Waals surface area contributed by atoms with Crippen LogP contribution < -0.4 is 10.1 Å². The van der Waals surface area contributed by atoms with Crippen molar-refractivity contribution in [2.75, 3.05) is 18.9 Å². The summed E-state index contributed by atoms with van der Waals surface area (Å²) in [5, 5.41) is 3.50. The average molecular weight is 403 g/mol. The molecule has 0 saturated carbocycles. The maximum atomic E-state index is 12.8. The monoisotopic (exact) mass is 402 g/mol. The van der Waals surface area contributed by atoms with E-state index in [4.69, 9.17) is 16.3 Å². The van der Waals surface area contributed by atoms with Gasteiger partial charge in [0.15, 0.2) is 5.60 Å². The SMILES string of the molecule is Cc1cc(C)c(NC(=O)CN(C)C(=O)C(C)(C)Oc2ccc(Cl)cc2)c(C)c1. The smallest absolute Gasteiger partial charge is 0.266 e. The molecule has 0 aliphatic heterocycles. The van der Waals surface area contributed by atoms with Crippen molar-refractivity contribution in [3.8, 4) is 5.75 Å². The number of carbonyl (C=O) groups excluding carboxylic acids is 2. The van der Waals surface area contributed by atoms with Crippen LogP contribution in [0.2, 0.25) is 5.02 Å². The van der Waals surface area contributed by atoms with Gasteiger partial charge in [0.1, 0.15) is 5.75 Å². The fourth-order valence-electron chi connectivity index (χ4n) is 3.14. The van der Waals surface area contributed by atoms with Gasteiger partial charge >= 0.3 is 0 Å². The Morgan fingerprint density at radius 2 is 1.61 bits per heavy atom. The lowest BCUT2D eigenvalue weighted by atomic mass is 10.0. The Hall–Kier alpha value is -2.53. The summed E-state index contributed by atoms with van der Waals surface area (Å²) in [6, 6.07) is 10.8. The number of nitrogens with zero attached hydrogens (tertiary/aromatic N) is 1. The van der Waals surface area contributed by atoms with Gasteiger partial charge in [0, 0.05) is 17.8 Å². The van der Waals surface area contributed by atoms with Gasteiger partial charge in [0.05, 0.1) is 6.54 Å². The van der Waals surface area contributed by atoms with Gasteiger partial charge in [-0.25, -0.2) is 0 Å². The molecule has 5 nitrogen and oxygen atoms in total. The van der Waals surface area contributed by atoms with Crippen molar-refractivity contribution in [3.05, 3.63) is 58.1 Å². The third-order valence-corrected chi connectivity index (χ3v) is 4.62. The number of carbonyl (C=O) groups is 2. The predicted molar refractivity (Wildman–Crippen MR) is 113 cm³/mol. The topological polar surface area (TPSA) is 58.6 Å². The lowest BCUT2D eigenvalue weighted by molar-refractivity contribution is -0.145. The molecule has 0 bridgehead atoms. The first-order valence-corrected chi connectivity index (χ1v) is 9.45. The van der Waals surface area contributed by atoms with E-state index < -0.39 is 5.60 Å². The van der Waals surface area contributed by atoms with Crippen LogP contribution in [0, 0.1) is 20.8 Å². The van der Waals surface area contributed by atoms with E-state index in [0.717, 1.165) is 22.4 Å². The highest BCUT2D eigenvalue weighted by atomic mass is 35.5. The van der Waals surface area contributed by atoms with Crippen LogP contribution >= 0.6 is 11.6 Å². The van der Waals surface area contributed by atoms with Crippen molar-refractivity contribution >= 4 is 29.1 Å². The summed E-state index contributed by atoms with van der Waals surface area (Å²) in [5.41, 5.74) is 2.78. The number of nitrogens with one attached hydrogen (secondary N) is 1. The maximum absolute atomic E-state index is 12.8. The molecule has 28 heavy (non-hydrogen) atoms. The normalized spacial score (nSPS) is 11.1. The number of halogens is 1.